The molecule has 146 valence electrons. The predicted octanol–water partition coefficient (Wildman–Crippen LogP) is 1.43. The number of esters is 1. The van der Waals surface area contributed by atoms with Gasteiger partial charge >= 0.3 is 5.97 Å². The fourth-order valence-electron chi connectivity index (χ4n) is 2.97. The molecule has 7 nitrogen and oxygen atoms in total. The topological polar surface area (TPSA) is 99.7 Å². The summed E-state index contributed by atoms with van der Waals surface area (Å²) in [7, 11) is 0. The van der Waals surface area contributed by atoms with Crippen molar-refractivity contribution in [3.63, 3.8) is 0 Å². The molecule has 1 aromatic heterocycles. The number of thiophene rings is 1. The van der Waals surface area contributed by atoms with Crippen LogP contribution in [0.5, 0.6) is 0 Å². The lowest BCUT2D eigenvalue weighted by molar-refractivity contribution is -0.116. The number of aliphatic hydroxyl groups excluding tert-OH is 1. The Morgan fingerprint density at radius 2 is 2.12 bits per heavy atom. The molecule has 0 bridgehead atoms. The summed E-state index contributed by atoms with van der Waals surface area (Å²) >= 11 is 1.39. The van der Waals surface area contributed by atoms with Crippen molar-refractivity contribution in [3.8, 4) is 0 Å². The summed E-state index contributed by atoms with van der Waals surface area (Å²) in [5.74, 6) is -0.390. The third-order valence-corrected chi connectivity index (χ3v) is 5.76. The number of ether oxygens (including phenoxy) is 1. The van der Waals surface area contributed by atoms with Gasteiger partial charge in [0.05, 0.1) is 18.3 Å². The second kappa shape index (κ2) is 9.45. The van der Waals surface area contributed by atoms with Gasteiger partial charge in [-0.15, -0.1) is 11.3 Å². The van der Waals surface area contributed by atoms with Crippen LogP contribution in [-0.4, -0.2) is 55.4 Å². The average Bonchev–Trinajstić information content (AvgIpc) is 3.09. The number of anilines is 1. The van der Waals surface area contributed by atoms with Crippen molar-refractivity contribution in [2.24, 2.45) is 5.92 Å². The van der Waals surface area contributed by atoms with Crippen LogP contribution in [0.4, 0.5) is 5.00 Å². The number of hydrogen-bond donors (Lipinski definition) is 4. The maximum Gasteiger partial charge on any atom is 0.341 e. The first-order chi connectivity index (χ1) is 12.3. The Morgan fingerprint density at radius 3 is 2.73 bits per heavy atom. The number of aryl methyl sites for hydroxylation is 1. The Morgan fingerprint density at radius 1 is 1.38 bits per heavy atom. The normalized spacial score (nSPS) is 20.8. The number of hydrogen-bond acceptors (Lipinski definition) is 7. The molecule has 0 radical (unpaired) electrons. The van der Waals surface area contributed by atoms with Gasteiger partial charge in [-0.2, -0.15) is 0 Å². The van der Waals surface area contributed by atoms with E-state index in [-0.39, 0.29) is 30.4 Å². The average molecular weight is 384 g/mol. The highest BCUT2D eigenvalue weighted by molar-refractivity contribution is 7.16. The van der Waals surface area contributed by atoms with Crippen LogP contribution in [0.25, 0.3) is 0 Å². The van der Waals surface area contributed by atoms with Crippen LogP contribution in [0.15, 0.2) is 0 Å². The summed E-state index contributed by atoms with van der Waals surface area (Å²) < 4.78 is 5.11. The Bertz CT molecular complexity index is 647. The van der Waals surface area contributed by atoms with Crippen molar-refractivity contribution >= 4 is 28.2 Å². The molecule has 8 heteroatoms. The summed E-state index contributed by atoms with van der Waals surface area (Å²) in [6.45, 7) is 9.83. The van der Waals surface area contributed by atoms with Crippen LogP contribution < -0.4 is 16.0 Å². The molecule has 3 atom stereocenters. The van der Waals surface area contributed by atoms with Gasteiger partial charge in [0, 0.05) is 42.9 Å². The Balaban J connectivity index is 1.90. The van der Waals surface area contributed by atoms with E-state index in [0.29, 0.717) is 30.3 Å². The standard InChI is InChI=1S/C18H29N3O4S/c1-5-25-18(24)16-11(3)12(4)26-17(16)21-15(23)6-10(2)20-8-13-7-19-9-14(13)22/h10,13-14,19-20,22H,5-9H2,1-4H3,(H,21,23). The lowest BCUT2D eigenvalue weighted by Gasteiger charge is -2.18. The summed E-state index contributed by atoms with van der Waals surface area (Å²) in [6.07, 6.45) is -0.0538. The largest absolute Gasteiger partial charge is 0.462 e. The first-order valence-corrected chi connectivity index (χ1v) is 9.84. The Hall–Kier alpha value is -1.48. The van der Waals surface area contributed by atoms with Crippen LogP contribution in [0, 0.1) is 19.8 Å². The lowest BCUT2D eigenvalue weighted by atomic mass is 10.1. The summed E-state index contributed by atoms with van der Waals surface area (Å²) in [5.41, 5.74) is 1.29. The molecule has 1 amide bonds. The van der Waals surface area contributed by atoms with Crippen LogP contribution >= 0.6 is 11.3 Å². The van der Waals surface area contributed by atoms with Crippen LogP contribution in [-0.2, 0) is 9.53 Å². The number of nitrogens with one attached hydrogen (secondary N) is 3. The molecule has 0 aromatic carbocycles. The van der Waals surface area contributed by atoms with Crippen molar-refractivity contribution in [1.29, 1.82) is 0 Å². The first-order valence-electron chi connectivity index (χ1n) is 9.02. The van der Waals surface area contributed by atoms with Crippen molar-refractivity contribution < 1.29 is 19.4 Å². The van der Waals surface area contributed by atoms with E-state index in [1.54, 1.807) is 6.92 Å². The molecule has 26 heavy (non-hydrogen) atoms. The molecule has 1 aromatic rings. The van der Waals surface area contributed by atoms with Gasteiger partial charge in [0.15, 0.2) is 0 Å². The van der Waals surface area contributed by atoms with Crippen LogP contribution in [0.3, 0.4) is 0 Å². The highest BCUT2D eigenvalue weighted by Crippen LogP contribution is 2.33. The first kappa shape index (κ1) is 20.8. The van der Waals surface area contributed by atoms with Crippen molar-refractivity contribution in [3.05, 3.63) is 16.0 Å². The number of amides is 1. The molecule has 2 heterocycles. The Labute approximate surface area is 158 Å². The number of carbonyl (C=O) groups excluding carboxylic acids is 2. The van der Waals surface area contributed by atoms with Crippen molar-refractivity contribution in [1.82, 2.24) is 10.6 Å². The minimum Gasteiger partial charge on any atom is -0.462 e. The van der Waals surface area contributed by atoms with Gasteiger partial charge in [-0.1, -0.05) is 0 Å². The molecule has 0 aliphatic carbocycles. The second-order valence-electron chi connectivity index (χ2n) is 6.76. The zero-order valence-corrected chi connectivity index (χ0v) is 16.7. The molecule has 1 saturated heterocycles. The van der Waals surface area contributed by atoms with Crippen LogP contribution in [0.1, 0.15) is 41.1 Å². The summed E-state index contributed by atoms with van der Waals surface area (Å²) in [4.78, 5) is 25.5. The summed E-state index contributed by atoms with van der Waals surface area (Å²) in [6, 6.07) is -0.0315. The highest BCUT2D eigenvalue weighted by atomic mass is 32.1. The fourth-order valence-corrected chi connectivity index (χ4v) is 4.04. The second-order valence-corrected chi connectivity index (χ2v) is 7.98. The SMILES string of the molecule is CCOC(=O)c1c(NC(=O)CC(C)NCC2CNCC2O)sc(C)c1C. The van der Waals surface area contributed by atoms with E-state index in [2.05, 4.69) is 16.0 Å². The molecule has 2 rings (SSSR count). The molecule has 1 aliphatic rings. The fraction of sp³-hybridized carbons (Fsp3) is 0.667. The van der Waals surface area contributed by atoms with E-state index in [9.17, 15) is 14.7 Å². The number of β-amino-alcohol motifs (C(OH)–C–C–N with tert-alkyl or cyclic N) is 1. The van der Waals surface area contributed by atoms with Gasteiger partial charge in [0.25, 0.3) is 0 Å². The number of aliphatic hydroxyl groups is 1. The minimum atomic E-state index is -0.404. The molecular weight excluding hydrogens is 354 g/mol. The lowest BCUT2D eigenvalue weighted by Crippen LogP contribution is -2.37. The summed E-state index contributed by atoms with van der Waals surface area (Å²) in [5, 5.41) is 19.7. The van der Waals surface area contributed by atoms with Crippen molar-refractivity contribution in [2.45, 2.75) is 46.3 Å². The van der Waals surface area contributed by atoms with Gasteiger partial charge in [-0.05, 0) is 33.3 Å². The number of rotatable bonds is 8. The van der Waals surface area contributed by atoms with Crippen molar-refractivity contribution in [2.75, 3.05) is 31.6 Å². The third-order valence-electron chi connectivity index (χ3n) is 4.64. The molecule has 0 spiro atoms. The smallest absolute Gasteiger partial charge is 0.341 e. The van der Waals surface area contributed by atoms with E-state index in [0.717, 1.165) is 17.0 Å². The molecule has 4 N–H and O–H groups in total. The third kappa shape index (κ3) is 5.26. The van der Waals surface area contributed by atoms with E-state index in [1.165, 1.54) is 11.3 Å². The molecule has 3 unspecified atom stereocenters. The van der Waals surface area contributed by atoms with Gasteiger partial charge in [0.1, 0.15) is 5.00 Å². The Kier molecular flexibility index (Phi) is 7.57. The van der Waals surface area contributed by atoms with Gasteiger partial charge in [0.2, 0.25) is 5.91 Å². The van der Waals surface area contributed by atoms with E-state index in [4.69, 9.17) is 4.74 Å². The maximum atomic E-state index is 12.4. The molecule has 0 saturated carbocycles. The van der Waals surface area contributed by atoms with Crippen LogP contribution in [0.2, 0.25) is 0 Å². The van der Waals surface area contributed by atoms with Gasteiger partial charge in [-0.3, -0.25) is 4.79 Å². The minimum absolute atomic E-state index is 0.0315. The van der Waals surface area contributed by atoms with E-state index in [1.807, 2.05) is 20.8 Å². The monoisotopic (exact) mass is 383 g/mol. The van der Waals surface area contributed by atoms with E-state index >= 15 is 0 Å². The molecule has 1 aliphatic heterocycles. The zero-order valence-electron chi connectivity index (χ0n) is 15.8. The van der Waals surface area contributed by atoms with Gasteiger partial charge in [-0.25, -0.2) is 4.79 Å². The van der Waals surface area contributed by atoms with Gasteiger partial charge < -0.3 is 25.8 Å². The molecule has 1 fully saturated rings. The van der Waals surface area contributed by atoms with E-state index < -0.39 is 5.97 Å². The quantitative estimate of drug-likeness (QED) is 0.507. The number of carbonyl (C=O) groups is 2. The molecular formula is C18H29N3O4S. The zero-order chi connectivity index (χ0) is 19.3. The highest BCUT2D eigenvalue weighted by Gasteiger charge is 2.26. The maximum absolute atomic E-state index is 12.4. The predicted molar refractivity (Wildman–Crippen MR) is 103 cm³/mol.